The lowest BCUT2D eigenvalue weighted by Gasteiger charge is -2.20. The molecule has 1 N–H and O–H groups in total. The predicted octanol–water partition coefficient (Wildman–Crippen LogP) is 6.88. The lowest BCUT2D eigenvalue weighted by atomic mass is 9.96. The fourth-order valence-corrected chi connectivity index (χ4v) is 5.21. The average Bonchev–Trinajstić information content (AvgIpc) is 3.02. The van der Waals surface area contributed by atoms with E-state index in [1.165, 1.54) is 0 Å². The van der Waals surface area contributed by atoms with Crippen molar-refractivity contribution in [1.29, 1.82) is 5.26 Å². The highest BCUT2D eigenvalue weighted by molar-refractivity contribution is 7.23. The van der Waals surface area contributed by atoms with Gasteiger partial charge in [0.15, 0.2) is 17.7 Å². The zero-order chi connectivity index (χ0) is 29.3. The average molecular weight is 582 g/mol. The van der Waals surface area contributed by atoms with Gasteiger partial charge in [-0.2, -0.15) is 5.26 Å². The summed E-state index contributed by atoms with van der Waals surface area (Å²) < 4.78 is 35.0. The van der Waals surface area contributed by atoms with Gasteiger partial charge in [0, 0.05) is 24.7 Å². The Balaban J connectivity index is 1.35. The minimum Gasteiger partial charge on any atom is -0.488 e. The summed E-state index contributed by atoms with van der Waals surface area (Å²) in [6.07, 6.45) is 0.599. The van der Waals surface area contributed by atoms with E-state index in [2.05, 4.69) is 42.6 Å². The zero-order valence-corrected chi connectivity index (χ0v) is 24.9. The Hall–Kier alpha value is -4.37. The third kappa shape index (κ3) is 7.09. The maximum Gasteiger partial charge on any atom is 0.326 e. The van der Waals surface area contributed by atoms with Gasteiger partial charge in [-0.15, -0.1) is 0 Å². The van der Waals surface area contributed by atoms with Crippen molar-refractivity contribution in [1.82, 2.24) is 5.32 Å². The van der Waals surface area contributed by atoms with Gasteiger partial charge < -0.3 is 24.3 Å². The largest absolute Gasteiger partial charge is 0.488 e. The van der Waals surface area contributed by atoms with Crippen LogP contribution in [0.25, 0.3) is 11.1 Å². The minimum atomic E-state index is -0.328. The van der Waals surface area contributed by atoms with E-state index in [1.807, 2.05) is 49.4 Å². The molecule has 0 amide bonds. The quantitative estimate of drug-likeness (QED) is 0.144. The molecule has 1 heterocycles. The minimum absolute atomic E-state index is 0.323. The second-order valence-electron chi connectivity index (χ2n) is 10.1. The van der Waals surface area contributed by atoms with E-state index in [9.17, 15) is 9.83 Å². The van der Waals surface area contributed by atoms with Crippen molar-refractivity contribution in [3.63, 3.8) is 0 Å². The molecule has 1 atom stereocenters. The van der Waals surface area contributed by atoms with E-state index in [-0.39, 0.29) is 8.46 Å². The summed E-state index contributed by atoms with van der Waals surface area (Å²) in [5.41, 5.74) is 7.91. The van der Waals surface area contributed by atoms with Crippen LogP contribution in [0.5, 0.6) is 23.0 Å². The summed E-state index contributed by atoms with van der Waals surface area (Å²) in [4.78, 5) is 0. The van der Waals surface area contributed by atoms with Crippen LogP contribution in [-0.4, -0.2) is 25.9 Å². The Kier molecular flexibility index (Phi) is 9.71. The van der Waals surface area contributed by atoms with Crippen LogP contribution < -0.4 is 24.3 Å². The van der Waals surface area contributed by atoms with Crippen LogP contribution in [0.1, 0.15) is 33.4 Å². The lowest BCUT2D eigenvalue weighted by molar-refractivity contribution is 0.171. The molecule has 0 aliphatic carbocycles. The molecule has 0 saturated heterocycles. The first-order valence-corrected chi connectivity index (χ1v) is 15.1. The van der Waals surface area contributed by atoms with Gasteiger partial charge in [-0.3, -0.25) is 0 Å². The fourth-order valence-electron chi connectivity index (χ4n) is 4.93. The Morgan fingerprint density at radius 3 is 2.52 bits per heavy atom. The highest BCUT2D eigenvalue weighted by Gasteiger charge is 2.16. The summed E-state index contributed by atoms with van der Waals surface area (Å²) in [5.74, 6) is 2.99. The zero-order valence-electron chi connectivity index (χ0n) is 23.9. The normalized spacial score (nSPS) is 12.1. The van der Waals surface area contributed by atoms with Gasteiger partial charge in [-0.25, -0.2) is 0 Å². The SMILES string of the molecule is Cc1cc(CNCC[PH+]=O)c(OCc2cccc(C#N)c2)cc1OCc1cccc(-c2ccc3c(c2)OCCO3)c1C. The van der Waals surface area contributed by atoms with Crippen molar-refractivity contribution < 1.29 is 23.5 Å². The molecular formula is C34H34N2O5P+. The molecule has 1 aliphatic rings. The smallest absolute Gasteiger partial charge is 0.326 e. The molecule has 0 radical (unpaired) electrons. The molecule has 0 spiro atoms. The first-order valence-electron chi connectivity index (χ1n) is 14.0. The Labute approximate surface area is 248 Å². The maximum absolute atomic E-state index is 10.9. The Morgan fingerprint density at radius 1 is 0.881 bits per heavy atom. The van der Waals surface area contributed by atoms with Crippen molar-refractivity contribution in [3.8, 4) is 40.2 Å². The molecule has 1 aliphatic heterocycles. The Morgan fingerprint density at radius 2 is 1.69 bits per heavy atom. The van der Waals surface area contributed by atoms with E-state index in [4.69, 9.17) is 18.9 Å². The molecule has 5 rings (SSSR count). The van der Waals surface area contributed by atoms with Crippen LogP contribution in [0, 0.1) is 25.2 Å². The molecular weight excluding hydrogens is 547 g/mol. The summed E-state index contributed by atoms with van der Waals surface area (Å²) in [7, 11) is -0.328. The molecule has 4 aromatic carbocycles. The summed E-state index contributed by atoms with van der Waals surface area (Å²) in [6.45, 7) is 7.21. The summed E-state index contributed by atoms with van der Waals surface area (Å²) >= 11 is 0. The number of hydrogen-bond acceptors (Lipinski definition) is 7. The monoisotopic (exact) mass is 581 g/mol. The number of nitriles is 1. The van der Waals surface area contributed by atoms with Crippen LogP contribution in [-0.2, 0) is 24.3 Å². The number of fused-ring (bicyclic) bond motifs is 1. The predicted molar refractivity (Wildman–Crippen MR) is 164 cm³/mol. The van der Waals surface area contributed by atoms with Gasteiger partial charge in [0.1, 0.15) is 37.9 Å². The van der Waals surface area contributed by atoms with E-state index in [1.54, 1.807) is 6.07 Å². The number of benzene rings is 4. The van der Waals surface area contributed by atoms with Crippen molar-refractivity contribution >= 4 is 8.46 Å². The third-order valence-corrected chi connectivity index (χ3v) is 7.66. The molecule has 0 bridgehead atoms. The van der Waals surface area contributed by atoms with E-state index in [0.29, 0.717) is 57.0 Å². The van der Waals surface area contributed by atoms with Crippen LogP contribution in [0.4, 0.5) is 0 Å². The molecule has 42 heavy (non-hydrogen) atoms. The standard InChI is InChI=1S/C34H33N2O5P/c1-23-15-29(20-36-11-14-42-37)33(40-21-26-6-3-5-25(16-26)19-35)18-32(23)41-22-28-7-4-8-30(24(28)2)27-9-10-31-34(17-27)39-13-12-38-31/h3-10,15-18,36H,11-14,20-22H2,1-2H3/p+1. The van der Waals surface area contributed by atoms with Crippen molar-refractivity contribution in [2.45, 2.75) is 33.6 Å². The van der Waals surface area contributed by atoms with Gasteiger partial charge in [-0.05, 0) is 77.6 Å². The van der Waals surface area contributed by atoms with Crippen LogP contribution >= 0.6 is 8.46 Å². The van der Waals surface area contributed by atoms with Gasteiger partial charge in [0.05, 0.1) is 11.6 Å². The van der Waals surface area contributed by atoms with Crippen LogP contribution in [0.2, 0.25) is 0 Å². The summed E-state index contributed by atoms with van der Waals surface area (Å²) in [5, 5.41) is 12.6. The number of rotatable bonds is 12. The first-order chi connectivity index (χ1) is 20.6. The third-order valence-electron chi connectivity index (χ3n) is 7.21. The van der Waals surface area contributed by atoms with Crippen molar-refractivity contribution in [3.05, 3.63) is 106 Å². The number of nitrogens with zero attached hydrogens (tertiary/aromatic N) is 1. The summed E-state index contributed by atoms with van der Waals surface area (Å²) in [6, 6.07) is 25.9. The highest BCUT2D eigenvalue weighted by Crippen LogP contribution is 2.36. The van der Waals surface area contributed by atoms with Gasteiger partial charge in [0.25, 0.3) is 0 Å². The molecule has 0 fully saturated rings. The van der Waals surface area contributed by atoms with Gasteiger partial charge >= 0.3 is 8.46 Å². The van der Waals surface area contributed by atoms with E-state index in [0.717, 1.165) is 56.2 Å². The number of nitrogens with one attached hydrogen (secondary N) is 1. The topological polar surface area (TPSA) is 89.8 Å². The van der Waals surface area contributed by atoms with E-state index >= 15 is 0 Å². The number of hydrogen-bond donors (Lipinski definition) is 1. The van der Waals surface area contributed by atoms with Gasteiger partial charge in [0.2, 0.25) is 0 Å². The molecule has 4 aromatic rings. The molecule has 214 valence electrons. The van der Waals surface area contributed by atoms with Crippen molar-refractivity contribution in [2.24, 2.45) is 0 Å². The molecule has 1 unspecified atom stereocenters. The van der Waals surface area contributed by atoms with Crippen LogP contribution in [0.3, 0.4) is 0 Å². The van der Waals surface area contributed by atoms with Gasteiger partial charge in [-0.1, -0.05) is 41.0 Å². The van der Waals surface area contributed by atoms with E-state index < -0.39 is 0 Å². The Bertz CT molecular complexity index is 1610. The second-order valence-corrected chi connectivity index (χ2v) is 10.9. The van der Waals surface area contributed by atoms with Crippen molar-refractivity contribution in [2.75, 3.05) is 25.9 Å². The second kappa shape index (κ2) is 14.0. The number of aryl methyl sites for hydroxylation is 1. The maximum atomic E-state index is 10.9. The molecule has 0 saturated carbocycles. The molecule has 0 aromatic heterocycles. The first kappa shape index (κ1) is 29.1. The lowest BCUT2D eigenvalue weighted by Crippen LogP contribution is -2.16. The molecule has 7 nitrogen and oxygen atoms in total. The molecule has 8 heteroatoms. The fraction of sp³-hybridized carbons (Fsp3) is 0.265. The van der Waals surface area contributed by atoms with Crippen LogP contribution in [0.15, 0.2) is 72.8 Å². The number of ether oxygens (including phenoxy) is 4. The highest BCUT2D eigenvalue weighted by atomic mass is 31.1.